The average Bonchev–Trinajstić information content (AvgIpc) is 2.92. The maximum atomic E-state index is 12.2. The molecule has 18 heavy (non-hydrogen) atoms. The van der Waals surface area contributed by atoms with Crippen LogP contribution in [0, 0.1) is 0 Å². The number of fused-ring (bicyclic) bond motifs is 1. The first-order chi connectivity index (χ1) is 8.81. The van der Waals surface area contributed by atoms with Crippen LogP contribution in [0.1, 0.15) is 23.2 Å². The smallest absolute Gasteiger partial charge is 0.210 e. The Bertz CT molecular complexity index is 654. The molecule has 0 saturated carbocycles. The third-order valence-electron chi connectivity index (χ3n) is 3.32. The van der Waals surface area contributed by atoms with Crippen LogP contribution in [-0.2, 0) is 0 Å². The first-order valence-electron chi connectivity index (χ1n) is 6.07. The Morgan fingerprint density at radius 1 is 1.17 bits per heavy atom. The fourth-order valence-corrected chi connectivity index (χ4v) is 2.40. The molecular formula is C14H13NO3. The Hall–Kier alpha value is -2.10. The number of carbonyl (C=O) groups excluding carboxylic acids is 1. The van der Waals surface area contributed by atoms with Crippen molar-refractivity contribution in [2.24, 2.45) is 0 Å². The molecule has 0 radical (unpaired) electrons. The van der Waals surface area contributed by atoms with Crippen molar-refractivity contribution < 1.29 is 9.21 Å². The van der Waals surface area contributed by atoms with Crippen LogP contribution in [0.4, 0.5) is 5.88 Å². The SMILES string of the molecule is O=Cc1c(N2CCCC2)oc2ccccc2c1=O. The van der Waals surface area contributed by atoms with Gasteiger partial charge in [-0.2, -0.15) is 0 Å². The zero-order valence-corrected chi connectivity index (χ0v) is 9.89. The molecule has 0 bridgehead atoms. The maximum Gasteiger partial charge on any atom is 0.210 e. The van der Waals surface area contributed by atoms with Crippen molar-refractivity contribution in [2.75, 3.05) is 18.0 Å². The number of benzene rings is 1. The number of hydrogen-bond donors (Lipinski definition) is 0. The highest BCUT2D eigenvalue weighted by molar-refractivity contribution is 5.89. The fourth-order valence-electron chi connectivity index (χ4n) is 2.40. The molecular weight excluding hydrogens is 230 g/mol. The minimum absolute atomic E-state index is 0.135. The molecule has 0 aliphatic carbocycles. The molecule has 0 unspecified atom stereocenters. The highest BCUT2D eigenvalue weighted by Crippen LogP contribution is 2.25. The van der Waals surface area contributed by atoms with Gasteiger partial charge in [0.05, 0.1) is 5.39 Å². The molecule has 1 aromatic carbocycles. The summed E-state index contributed by atoms with van der Waals surface area (Å²) in [6.45, 7) is 1.67. The van der Waals surface area contributed by atoms with Gasteiger partial charge in [0.2, 0.25) is 11.3 Å². The summed E-state index contributed by atoms with van der Waals surface area (Å²) in [4.78, 5) is 25.4. The van der Waals surface area contributed by atoms with Gasteiger partial charge in [-0.1, -0.05) is 12.1 Å². The third kappa shape index (κ3) is 1.61. The number of nitrogens with zero attached hydrogens (tertiary/aromatic N) is 1. The van der Waals surface area contributed by atoms with Gasteiger partial charge in [0.25, 0.3) is 0 Å². The van der Waals surface area contributed by atoms with E-state index in [0.717, 1.165) is 25.9 Å². The lowest BCUT2D eigenvalue weighted by molar-refractivity contribution is 0.112. The molecule has 0 spiro atoms. The minimum atomic E-state index is -0.242. The van der Waals surface area contributed by atoms with Crippen LogP contribution >= 0.6 is 0 Å². The van der Waals surface area contributed by atoms with Crippen molar-refractivity contribution in [1.29, 1.82) is 0 Å². The Morgan fingerprint density at radius 2 is 1.89 bits per heavy atom. The molecule has 4 nitrogen and oxygen atoms in total. The summed E-state index contributed by atoms with van der Waals surface area (Å²) in [7, 11) is 0. The van der Waals surface area contributed by atoms with Crippen molar-refractivity contribution in [2.45, 2.75) is 12.8 Å². The molecule has 0 N–H and O–H groups in total. The van der Waals surface area contributed by atoms with E-state index in [-0.39, 0.29) is 11.0 Å². The van der Waals surface area contributed by atoms with Crippen LogP contribution in [-0.4, -0.2) is 19.4 Å². The summed E-state index contributed by atoms with van der Waals surface area (Å²) >= 11 is 0. The van der Waals surface area contributed by atoms with Gasteiger partial charge in [0.15, 0.2) is 6.29 Å². The van der Waals surface area contributed by atoms with Crippen molar-refractivity contribution in [3.05, 3.63) is 40.1 Å². The van der Waals surface area contributed by atoms with Crippen LogP contribution in [0.25, 0.3) is 11.0 Å². The van der Waals surface area contributed by atoms with E-state index in [1.54, 1.807) is 18.2 Å². The topological polar surface area (TPSA) is 50.5 Å². The van der Waals surface area contributed by atoms with Crippen molar-refractivity contribution in [3.63, 3.8) is 0 Å². The predicted octanol–water partition coefficient (Wildman–Crippen LogP) is 2.21. The van der Waals surface area contributed by atoms with Crippen molar-refractivity contribution in [1.82, 2.24) is 0 Å². The lowest BCUT2D eigenvalue weighted by atomic mass is 10.1. The van der Waals surface area contributed by atoms with E-state index in [1.807, 2.05) is 11.0 Å². The summed E-state index contributed by atoms with van der Waals surface area (Å²) in [5.74, 6) is 0.422. The number of hydrogen-bond acceptors (Lipinski definition) is 4. The minimum Gasteiger partial charge on any atom is -0.439 e. The van der Waals surface area contributed by atoms with Gasteiger partial charge in [-0.05, 0) is 25.0 Å². The van der Waals surface area contributed by atoms with E-state index >= 15 is 0 Å². The molecule has 3 rings (SSSR count). The van der Waals surface area contributed by atoms with Gasteiger partial charge >= 0.3 is 0 Å². The van der Waals surface area contributed by atoms with Gasteiger partial charge < -0.3 is 9.32 Å². The molecule has 1 fully saturated rings. The Morgan fingerprint density at radius 3 is 2.61 bits per heavy atom. The van der Waals surface area contributed by atoms with Gasteiger partial charge in [0, 0.05) is 13.1 Å². The Labute approximate surface area is 104 Å². The highest BCUT2D eigenvalue weighted by atomic mass is 16.4. The first kappa shape index (κ1) is 11.0. The number of para-hydroxylation sites is 1. The second kappa shape index (κ2) is 4.29. The molecule has 2 heterocycles. The average molecular weight is 243 g/mol. The fraction of sp³-hybridized carbons (Fsp3) is 0.286. The molecule has 4 heteroatoms. The second-order valence-electron chi connectivity index (χ2n) is 4.46. The van der Waals surface area contributed by atoms with Crippen LogP contribution in [0.5, 0.6) is 0 Å². The zero-order chi connectivity index (χ0) is 12.5. The molecule has 0 atom stereocenters. The summed E-state index contributed by atoms with van der Waals surface area (Å²) in [5.41, 5.74) is 0.430. The highest BCUT2D eigenvalue weighted by Gasteiger charge is 2.21. The molecule has 2 aromatic rings. The Balaban J connectivity index is 2.30. The molecule has 1 aromatic heterocycles. The number of rotatable bonds is 2. The standard InChI is InChI=1S/C14H13NO3/c16-9-11-13(17)10-5-1-2-6-12(10)18-14(11)15-7-3-4-8-15/h1-2,5-6,9H,3-4,7-8H2. The third-order valence-corrected chi connectivity index (χ3v) is 3.32. The van der Waals surface area contributed by atoms with Crippen LogP contribution in [0.15, 0.2) is 33.5 Å². The second-order valence-corrected chi connectivity index (χ2v) is 4.46. The van der Waals surface area contributed by atoms with Gasteiger partial charge in [-0.15, -0.1) is 0 Å². The molecule has 1 aliphatic rings. The lowest BCUT2D eigenvalue weighted by Gasteiger charge is -2.17. The summed E-state index contributed by atoms with van der Waals surface area (Å²) < 4.78 is 5.74. The quantitative estimate of drug-likeness (QED) is 0.759. The number of carbonyl (C=O) groups is 1. The lowest BCUT2D eigenvalue weighted by Crippen LogP contribution is -2.23. The largest absolute Gasteiger partial charge is 0.439 e. The van der Waals surface area contributed by atoms with Gasteiger partial charge in [-0.25, -0.2) is 0 Å². The summed E-state index contributed by atoms with van der Waals surface area (Å²) in [6, 6.07) is 7.02. The molecule has 0 amide bonds. The van der Waals surface area contributed by atoms with E-state index in [0.29, 0.717) is 23.1 Å². The van der Waals surface area contributed by atoms with Crippen LogP contribution in [0.2, 0.25) is 0 Å². The van der Waals surface area contributed by atoms with E-state index in [4.69, 9.17) is 4.42 Å². The predicted molar refractivity (Wildman–Crippen MR) is 69.3 cm³/mol. The maximum absolute atomic E-state index is 12.2. The van der Waals surface area contributed by atoms with Crippen LogP contribution in [0.3, 0.4) is 0 Å². The molecule has 92 valence electrons. The number of aldehydes is 1. The zero-order valence-electron chi connectivity index (χ0n) is 9.89. The molecule has 1 aliphatic heterocycles. The van der Waals surface area contributed by atoms with Gasteiger partial charge in [-0.3, -0.25) is 9.59 Å². The number of anilines is 1. The van der Waals surface area contributed by atoms with E-state index in [2.05, 4.69) is 0 Å². The summed E-state index contributed by atoms with van der Waals surface area (Å²) in [5, 5.41) is 0.461. The monoisotopic (exact) mass is 243 g/mol. The summed E-state index contributed by atoms with van der Waals surface area (Å²) in [6.07, 6.45) is 2.73. The van der Waals surface area contributed by atoms with E-state index in [1.165, 1.54) is 0 Å². The van der Waals surface area contributed by atoms with E-state index in [9.17, 15) is 9.59 Å². The van der Waals surface area contributed by atoms with Gasteiger partial charge in [0.1, 0.15) is 11.1 Å². The first-order valence-corrected chi connectivity index (χ1v) is 6.07. The van der Waals surface area contributed by atoms with Crippen molar-refractivity contribution in [3.8, 4) is 0 Å². The Kier molecular flexibility index (Phi) is 2.63. The van der Waals surface area contributed by atoms with Crippen molar-refractivity contribution >= 4 is 23.1 Å². The normalized spacial score (nSPS) is 15.2. The van der Waals surface area contributed by atoms with E-state index < -0.39 is 0 Å². The van der Waals surface area contributed by atoms with Crippen LogP contribution < -0.4 is 10.3 Å². The molecule has 1 saturated heterocycles.